The third kappa shape index (κ3) is 2.44. The molecule has 0 saturated carbocycles. The van der Waals surface area contributed by atoms with Crippen molar-refractivity contribution in [3.63, 3.8) is 0 Å². The average Bonchev–Trinajstić information content (AvgIpc) is 3.00. The van der Waals surface area contributed by atoms with Crippen LogP contribution in [-0.4, -0.2) is 26.3 Å². The summed E-state index contributed by atoms with van der Waals surface area (Å²) in [5, 5.41) is 25.5. The largest absolute Gasteiger partial charge is 0.508 e. The number of rotatable bonds is 3. The van der Waals surface area contributed by atoms with Crippen LogP contribution < -0.4 is 0 Å². The fraction of sp³-hybridized carbons (Fsp3) is 0.176. The normalized spacial score (nSPS) is 11.5. The highest BCUT2D eigenvalue weighted by Gasteiger charge is 2.22. The molecule has 0 amide bonds. The molecule has 0 saturated heterocycles. The van der Waals surface area contributed by atoms with Gasteiger partial charge in [0.15, 0.2) is 5.76 Å². The van der Waals surface area contributed by atoms with Crippen LogP contribution >= 0.6 is 0 Å². The molecule has 1 aromatic carbocycles. The predicted molar refractivity (Wildman–Crippen MR) is 86.5 cm³/mol. The van der Waals surface area contributed by atoms with Crippen molar-refractivity contribution in [2.75, 3.05) is 0 Å². The monoisotopic (exact) mass is 329 g/mol. The van der Waals surface area contributed by atoms with Gasteiger partial charge in [-0.25, -0.2) is 4.39 Å². The Bertz CT molecular complexity index is 921. The molecule has 0 spiro atoms. The first kappa shape index (κ1) is 15.8. The number of aromatic hydroxyl groups is 1. The van der Waals surface area contributed by atoms with Crippen LogP contribution in [-0.2, 0) is 0 Å². The van der Waals surface area contributed by atoms with Gasteiger partial charge in [-0.1, -0.05) is 10.3 Å². The van der Waals surface area contributed by atoms with Gasteiger partial charge >= 0.3 is 0 Å². The van der Waals surface area contributed by atoms with Gasteiger partial charge in [-0.15, -0.1) is 0 Å². The Morgan fingerprint density at radius 3 is 2.58 bits per heavy atom. The predicted octanol–water partition coefficient (Wildman–Crippen LogP) is 3.71. The molecule has 3 rings (SSSR count). The van der Waals surface area contributed by atoms with Gasteiger partial charge in [0.1, 0.15) is 22.9 Å². The highest BCUT2D eigenvalue weighted by Crippen LogP contribution is 2.34. The first-order valence-corrected chi connectivity index (χ1v) is 7.26. The molecular formula is C17H16FN3O3. The van der Waals surface area contributed by atoms with Crippen molar-refractivity contribution >= 4 is 6.21 Å². The first-order valence-electron chi connectivity index (χ1n) is 7.26. The van der Waals surface area contributed by atoms with Crippen LogP contribution in [0.2, 0.25) is 0 Å². The van der Waals surface area contributed by atoms with Crippen LogP contribution in [0.4, 0.5) is 4.39 Å². The van der Waals surface area contributed by atoms with E-state index in [2.05, 4.69) is 10.3 Å². The number of hydrogen-bond acceptors (Lipinski definition) is 5. The van der Waals surface area contributed by atoms with Crippen LogP contribution in [0.1, 0.15) is 22.7 Å². The second-order valence-corrected chi connectivity index (χ2v) is 5.51. The minimum Gasteiger partial charge on any atom is -0.508 e. The third-order valence-corrected chi connectivity index (χ3v) is 3.87. The van der Waals surface area contributed by atoms with Crippen molar-refractivity contribution in [3.8, 4) is 22.7 Å². The molecule has 3 aromatic rings. The van der Waals surface area contributed by atoms with E-state index in [1.165, 1.54) is 18.3 Å². The minimum atomic E-state index is -0.562. The number of benzene rings is 1. The van der Waals surface area contributed by atoms with Crippen molar-refractivity contribution in [1.29, 1.82) is 0 Å². The number of halogens is 1. The lowest BCUT2D eigenvalue weighted by molar-refractivity contribution is 0.321. The van der Waals surface area contributed by atoms with Gasteiger partial charge in [0.2, 0.25) is 0 Å². The van der Waals surface area contributed by atoms with E-state index in [0.29, 0.717) is 34.1 Å². The van der Waals surface area contributed by atoms with E-state index < -0.39 is 5.82 Å². The Balaban J connectivity index is 2.37. The van der Waals surface area contributed by atoms with E-state index in [0.717, 1.165) is 11.6 Å². The molecule has 2 N–H and O–H groups in total. The van der Waals surface area contributed by atoms with Crippen molar-refractivity contribution in [3.05, 3.63) is 52.8 Å². The summed E-state index contributed by atoms with van der Waals surface area (Å²) in [6.07, 6.45) is 1.28. The molecule has 6 nitrogen and oxygen atoms in total. The SMILES string of the molecule is Cc1cc(-c2ccc(O)cc2F)n(-c2c(C)noc2C)c1C=NO. The third-order valence-electron chi connectivity index (χ3n) is 3.87. The van der Waals surface area contributed by atoms with E-state index in [1.54, 1.807) is 24.5 Å². The maximum Gasteiger partial charge on any atom is 0.157 e. The van der Waals surface area contributed by atoms with E-state index in [4.69, 9.17) is 9.73 Å². The highest BCUT2D eigenvalue weighted by atomic mass is 19.1. The smallest absolute Gasteiger partial charge is 0.157 e. The van der Waals surface area contributed by atoms with Crippen LogP contribution in [0, 0.1) is 26.6 Å². The molecule has 124 valence electrons. The zero-order valence-corrected chi connectivity index (χ0v) is 13.4. The summed E-state index contributed by atoms with van der Waals surface area (Å²) in [7, 11) is 0. The summed E-state index contributed by atoms with van der Waals surface area (Å²) < 4.78 is 21.3. The molecule has 0 aliphatic carbocycles. The van der Waals surface area contributed by atoms with Crippen molar-refractivity contribution < 1.29 is 19.2 Å². The number of aryl methyl sites for hydroxylation is 3. The Hall–Kier alpha value is -3.09. The number of aromatic nitrogens is 2. The Morgan fingerprint density at radius 2 is 2.00 bits per heavy atom. The first-order chi connectivity index (χ1) is 11.4. The molecule has 24 heavy (non-hydrogen) atoms. The van der Waals surface area contributed by atoms with Crippen molar-refractivity contribution in [1.82, 2.24) is 9.72 Å². The van der Waals surface area contributed by atoms with Gasteiger partial charge in [0, 0.05) is 11.6 Å². The summed E-state index contributed by atoms with van der Waals surface area (Å²) in [6, 6.07) is 5.74. The molecule has 0 fully saturated rings. The summed E-state index contributed by atoms with van der Waals surface area (Å²) in [5.41, 5.74) is 3.48. The van der Waals surface area contributed by atoms with E-state index >= 15 is 0 Å². The zero-order chi connectivity index (χ0) is 17.4. The molecule has 0 atom stereocenters. The number of phenols is 1. The van der Waals surface area contributed by atoms with Gasteiger partial charge in [0.25, 0.3) is 0 Å². The maximum atomic E-state index is 14.4. The van der Waals surface area contributed by atoms with Gasteiger partial charge in [-0.05, 0) is 44.5 Å². The molecule has 2 heterocycles. The van der Waals surface area contributed by atoms with Gasteiger partial charge in [-0.3, -0.25) is 0 Å². The fourth-order valence-corrected chi connectivity index (χ4v) is 2.81. The minimum absolute atomic E-state index is 0.152. The maximum absolute atomic E-state index is 14.4. The molecule has 7 heteroatoms. The fourth-order valence-electron chi connectivity index (χ4n) is 2.81. The highest BCUT2D eigenvalue weighted by molar-refractivity contribution is 5.84. The second kappa shape index (κ2) is 5.84. The quantitative estimate of drug-likeness (QED) is 0.436. The van der Waals surface area contributed by atoms with E-state index in [9.17, 15) is 9.50 Å². The Labute approximate surface area is 137 Å². The van der Waals surface area contributed by atoms with Gasteiger partial charge < -0.3 is 19.4 Å². The Morgan fingerprint density at radius 1 is 1.25 bits per heavy atom. The summed E-state index contributed by atoms with van der Waals surface area (Å²) >= 11 is 0. The van der Waals surface area contributed by atoms with Crippen LogP contribution in [0.3, 0.4) is 0 Å². The zero-order valence-electron chi connectivity index (χ0n) is 13.4. The Kier molecular flexibility index (Phi) is 3.84. The topological polar surface area (TPSA) is 83.8 Å². The molecular weight excluding hydrogens is 313 g/mol. The summed E-state index contributed by atoms with van der Waals surface area (Å²) in [5.74, 6) is -0.162. The number of nitrogens with zero attached hydrogens (tertiary/aromatic N) is 3. The molecule has 2 aromatic heterocycles. The van der Waals surface area contributed by atoms with Crippen molar-refractivity contribution in [2.45, 2.75) is 20.8 Å². The molecule has 0 radical (unpaired) electrons. The van der Waals surface area contributed by atoms with Gasteiger partial charge in [0.05, 0.1) is 17.6 Å². The lowest BCUT2D eigenvalue weighted by Gasteiger charge is -2.12. The van der Waals surface area contributed by atoms with Gasteiger partial charge in [-0.2, -0.15) is 0 Å². The number of oxime groups is 1. The molecule has 0 aliphatic rings. The molecule has 0 aliphatic heterocycles. The standard InChI is InChI=1S/C17H16FN3O3/c1-9-6-15(13-5-4-12(22)7-14(13)18)21(16(9)8-19-23)17-10(2)20-24-11(17)3/h4-8,22-23H,1-3H3. The van der Waals surface area contributed by atoms with E-state index in [1.807, 2.05) is 6.92 Å². The summed E-state index contributed by atoms with van der Waals surface area (Å²) in [6.45, 7) is 5.35. The number of phenolic OH excluding ortho intramolecular Hbond substituents is 1. The second-order valence-electron chi connectivity index (χ2n) is 5.51. The lowest BCUT2D eigenvalue weighted by atomic mass is 10.1. The summed E-state index contributed by atoms with van der Waals surface area (Å²) in [4.78, 5) is 0. The molecule has 0 unspecified atom stereocenters. The van der Waals surface area contributed by atoms with Crippen LogP contribution in [0.25, 0.3) is 16.9 Å². The van der Waals surface area contributed by atoms with Crippen LogP contribution in [0.5, 0.6) is 5.75 Å². The van der Waals surface area contributed by atoms with Crippen molar-refractivity contribution in [2.24, 2.45) is 5.16 Å². The average molecular weight is 329 g/mol. The lowest BCUT2D eigenvalue weighted by Crippen LogP contribution is -2.05. The van der Waals surface area contributed by atoms with E-state index in [-0.39, 0.29) is 5.75 Å². The van der Waals surface area contributed by atoms with Crippen LogP contribution in [0.15, 0.2) is 33.9 Å². The molecule has 0 bridgehead atoms. The number of hydrogen-bond donors (Lipinski definition) is 2.